The molecule has 7 nitrogen and oxygen atoms in total. The number of ether oxygens (including phenoxy) is 1. The molecule has 2 aliphatic rings. The number of nitrogens with zero attached hydrogens (tertiary/aromatic N) is 4. The minimum Gasteiger partial charge on any atom is -0.507 e. The number of aromatic hydroxyl groups is 1. The Balaban J connectivity index is 0.000000182. The van der Waals surface area contributed by atoms with E-state index in [1.54, 1.807) is 6.07 Å². The van der Waals surface area contributed by atoms with Gasteiger partial charge in [-0.05, 0) is 85.3 Å². The fourth-order valence-corrected chi connectivity index (χ4v) is 6.41. The average molecular weight is 729 g/mol. The molecule has 3 aromatic carbocycles. The van der Waals surface area contributed by atoms with Crippen LogP contribution < -0.4 is 0 Å². The smallest absolute Gasteiger partial charge is 0.431 e. The van der Waals surface area contributed by atoms with Crippen LogP contribution in [0.4, 0.5) is 26.3 Å². The van der Waals surface area contributed by atoms with Gasteiger partial charge in [0.15, 0.2) is 0 Å². The monoisotopic (exact) mass is 728 g/mol. The predicted molar refractivity (Wildman–Crippen MR) is 166 cm³/mol. The van der Waals surface area contributed by atoms with E-state index in [0.717, 1.165) is 25.0 Å². The van der Waals surface area contributed by atoms with Crippen LogP contribution in [0.5, 0.6) is 5.75 Å². The van der Waals surface area contributed by atoms with Gasteiger partial charge in [0.25, 0.3) is 0 Å². The lowest BCUT2D eigenvalue weighted by molar-refractivity contribution is -0.144. The third kappa shape index (κ3) is 6.08. The number of benzene rings is 3. The summed E-state index contributed by atoms with van der Waals surface area (Å²) in [5, 5.41) is 29.3. The molecule has 0 amide bonds. The third-order valence-electron chi connectivity index (χ3n) is 8.24. The molecule has 0 radical (unpaired) electrons. The third-order valence-corrected chi connectivity index (χ3v) is 8.90. The number of methoxy groups -OCH3 is 1. The molecule has 246 valence electrons. The zero-order chi connectivity index (χ0) is 34.7. The number of carbonyl (C=O) groups excluding carboxylic acids is 1. The van der Waals surface area contributed by atoms with Gasteiger partial charge in [0.05, 0.1) is 41.4 Å². The molecule has 2 saturated carbocycles. The summed E-state index contributed by atoms with van der Waals surface area (Å²) in [7, 11) is 1.18. The Kier molecular flexibility index (Phi) is 8.20. The second-order valence-corrected chi connectivity index (χ2v) is 12.4. The minimum absolute atomic E-state index is 0.0598. The number of fused-ring (bicyclic) bond motifs is 2. The summed E-state index contributed by atoms with van der Waals surface area (Å²) >= 11 is 3.24. The largest absolute Gasteiger partial charge is 0.507 e. The van der Waals surface area contributed by atoms with E-state index in [4.69, 9.17) is 5.26 Å². The highest BCUT2D eigenvalue weighted by atomic mass is 79.9. The van der Waals surface area contributed by atoms with Crippen molar-refractivity contribution in [3.63, 3.8) is 0 Å². The SMILES string of the molecule is COC(=O)c1ccc(-c2cc(C#N)cc3c2cc(C(F)(F)F)n3C2CC2)cc1O.N#Cc1cc(Br)c2cc(C(F)(F)F)n(C3CC3)c2c1. The molecule has 0 unspecified atom stereocenters. The van der Waals surface area contributed by atoms with Crippen LogP contribution in [0, 0.1) is 22.7 Å². The first-order chi connectivity index (χ1) is 22.7. The number of esters is 1. The number of rotatable bonds is 4. The molecular weight excluding hydrogens is 706 g/mol. The molecule has 0 atom stereocenters. The highest BCUT2D eigenvalue weighted by Gasteiger charge is 2.41. The van der Waals surface area contributed by atoms with E-state index in [-0.39, 0.29) is 29.0 Å². The van der Waals surface area contributed by atoms with Crippen LogP contribution in [0.1, 0.15) is 70.6 Å². The lowest BCUT2D eigenvalue weighted by Gasteiger charge is -2.12. The normalized spacial score (nSPS) is 14.7. The quantitative estimate of drug-likeness (QED) is 0.147. The number of carbonyl (C=O) groups is 1. The molecule has 5 aromatic rings. The van der Waals surface area contributed by atoms with Gasteiger partial charge in [0.2, 0.25) is 0 Å². The van der Waals surface area contributed by atoms with E-state index in [1.807, 2.05) is 12.1 Å². The van der Waals surface area contributed by atoms with Crippen molar-refractivity contribution < 1.29 is 41.0 Å². The molecule has 2 aliphatic carbocycles. The van der Waals surface area contributed by atoms with Gasteiger partial charge in [-0.3, -0.25) is 0 Å². The van der Waals surface area contributed by atoms with Crippen LogP contribution in [0.25, 0.3) is 32.9 Å². The zero-order valence-corrected chi connectivity index (χ0v) is 26.5. The summed E-state index contributed by atoms with van der Waals surface area (Å²) in [6.07, 6.45) is -6.12. The van der Waals surface area contributed by atoms with E-state index in [1.165, 1.54) is 52.6 Å². The van der Waals surface area contributed by atoms with Gasteiger partial charge < -0.3 is 19.0 Å². The summed E-state index contributed by atoms with van der Waals surface area (Å²) < 4.78 is 87.9. The Morgan fingerprint density at radius 3 is 1.77 bits per heavy atom. The van der Waals surface area contributed by atoms with Crippen molar-refractivity contribution in [1.29, 1.82) is 10.5 Å². The minimum atomic E-state index is -4.54. The second-order valence-electron chi connectivity index (χ2n) is 11.6. The molecule has 48 heavy (non-hydrogen) atoms. The summed E-state index contributed by atoms with van der Waals surface area (Å²) in [6.45, 7) is 0. The molecule has 14 heteroatoms. The Bertz CT molecular complexity index is 2200. The molecule has 0 saturated heterocycles. The van der Waals surface area contributed by atoms with Gasteiger partial charge in [-0.15, -0.1) is 0 Å². The number of aromatic nitrogens is 2. The fraction of sp³-hybridized carbons (Fsp3) is 0.265. The van der Waals surface area contributed by atoms with Crippen LogP contribution in [-0.4, -0.2) is 27.3 Å². The van der Waals surface area contributed by atoms with Crippen molar-refractivity contribution >= 4 is 43.7 Å². The number of hydrogen-bond acceptors (Lipinski definition) is 5. The van der Waals surface area contributed by atoms with Gasteiger partial charge in [-0.1, -0.05) is 22.0 Å². The molecule has 2 fully saturated rings. The topological polar surface area (TPSA) is 104 Å². The molecule has 0 aliphatic heterocycles. The number of alkyl halides is 6. The van der Waals surface area contributed by atoms with Crippen molar-refractivity contribution in [3.05, 3.63) is 87.1 Å². The van der Waals surface area contributed by atoms with E-state index in [2.05, 4.69) is 20.7 Å². The predicted octanol–water partition coefficient (Wildman–Crippen LogP) is 9.66. The first-order valence-corrected chi connectivity index (χ1v) is 15.3. The first-order valence-electron chi connectivity index (χ1n) is 14.6. The van der Waals surface area contributed by atoms with Crippen LogP contribution in [0.3, 0.4) is 0 Å². The summed E-state index contributed by atoms with van der Waals surface area (Å²) in [5.41, 5.74) is 0.657. The zero-order valence-electron chi connectivity index (χ0n) is 24.9. The second kappa shape index (κ2) is 11.9. The Morgan fingerprint density at radius 2 is 1.31 bits per heavy atom. The molecule has 1 N–H and O–H groups in total. The van der Waals surface area contributed by atoms with Crippen molar-refractivity contribution in [2.24, 2.45) is 0 Å². The molecule has 0 bridgehead atoms. The maximum atomic E-state index is 13.7. The number of halogens is 7. The fourth-order valence-electron chi connectivity index (χ4n) is 5.85. The Morgan fingerprint density at radius 1 is 0.812 bits per heavy atom. The van der Waals surface area contributed by atoms with Crippen LogP contribution in [0.15, 0.2) is 59.1 Å². The summed E-state index contributed by atoms with van der Waals surface area (Å²) in [6, 6.07) is 16.0. The molecule has 2 heterocycles. The van der Waals surface area contributed by atoms with Gasteiger partial charge in [-0.2, -0.15) is 36.9 Å². The van der Waals surface area contributed by atoms with Gasteiger partial charge in [0.1, 0.15) is 22.7 Å². The standard InChI is InChI=1S/C21H15F3N2O3.C13H8BrF3N2/c1-29-20(28)14-5-2-12(8-18(14)27)15-6-11(10-25)7-17-16(15)9-19(21(22,23)24)26(17)13-3-4-13;14-10-3-7(6-18)4-11-9(10)5-12(13(15,16)17)19(11)8-1-2-8/h2,5-9,13,27H,3-4H2,1H3;3-5,8H,1-2H2. The maximum Gasteiger partial charge on any atom is 0.431 e. The van der Waals surface area contributed by atoms with E-state index >= 15 is 0 Å². The number of nitriles is 2. The highest BCUT2D eigenvalue weighted by Crippen LogP contribution is 2.47. The molecule has 0 spiro atoms. The van der Waals surface area contributed by atoms with E-state index in [9.17, 15) is 41.5 Å². The van der Waals surface area contributed by atoms with Gasteiger partial charge >= 0.3 is 18.3 Å². The Hall–Kier alpha value is -4.95. The number of hydrogen-bond donors (Lipinski definition) is 1. The van der Waals surface area contributed by atoms with Gasteiger partial charge in [-0.25, -0.2) is 4.79 Å². The van der Waals surface area contributed by atoms with Crippen molar-refractivity contribution in [1.82, 2.24) is 9.13 Å². The molecule has 2 aromatic heterocycles. The summed E-state index contributed by atoms with van der Waals surface area (Å²) in [4.78, 5) is 11.7. The maximum absolute atomic E-state index is 13.7. The highest BCUT2D eigenvalue weighted by molar-refractivity contribution is 9.10. The van der Waals surface area contributed by atoms with Crippen LogP contribution >= 0.6 is 15.9 Å². The van der Waals surface area contributed by atoms with E-state index in [0.29, 0.717) is 55.8 Å². The van der Waals surface area contributed by atoms with Gasteiger partial charge in [0, 0.05) is 27.3 Å². The van der Waals surface area contributed by atoms with Crippen molar-refractivity contribution in [2.75, 3.05) is 7.11 Å². The summed E-state index contributed by atoms with van der Waals surface area (Å²) in [5.74, 6) is -1.09. The van der Waals surface area contributed by atoms with Crippen molar-refractivity contribution in [3.8, 4) is 29.0 Å². The first kappa shape index (κ1) is 33.0. The van der Waals surface area contributed by atoms with Crippen LogP contribution in [0.2, 0.25) is 0 Å². The van der Waals surface area contributed by atoms with E-state index < -0.39 is 29.7 Å². The Labute approximate surface area is 277 Å². The van der Waals surface area contributed by atoms with Crippen LogP contribution in [-0.2, 0) is 17.1 Å². The average Bonchev–Trinajstić information content (AvgIpc) is 3.98. The number of phenols is 1. The lowest BCUT2D eigenvalue weighted by atomic mass is 9.97. The van der Waals surface area contributed by atoms with Crippen molar-refractivity contribution in [2.45, 2.75) is 50.1 Å². The molecular formula is C34H23BrF6N4O3. The molecule has 7 rings (SSSR count). The lowest BCUT2D eigenvalue weighted by Crippen LogP contribution is -2.12. The number of phenolic OH excluding ortho intramolecular Hbond substituents is 1.